The summed E-state index contributed by atoms with van der Waals surface area (Å²) in [6, 6.07) is 15.1. The van der Waals surface area contributed by atoms with Crippen LogP contribution in [-0.2, 0) is 10.0 Å². The molecule has 0 spiro atoms. The van der Waals surface area contributed by atoms with Gasteiger partial charge in [0.1, 0.15) is 5.76 Å². The van der Waals surface area contributed by atoms with Gasteiger partial charge < -0.3 is 9.32 Å². The van der Waals surface area contributed by atoms with Crippen molar-refractivity contribution < 1.29 is 22.6 Å². The largest absolute Gasteiger partial charge is 0.451 e. The maximum Gasteiger partial charge on any atom is 0.289 e. The standard InChI is InChI=1S/C21H18ClN3O6S/c22-18-4-2-1-3-17(18)19-9-10-20(31-19)21(26)23-11-13-24(14-12-23)32(29,30)16-7-5-15(6-8-16)25(27)28/h1-10H,11-14H2. The van der Waals surface area contributed by atoms with Crippen molar-refractivity contribution in [3.8, 4) is 11.3 Å². The van der Waals surface area contributed by atoms with Gasteiger partial charge in [0.25, 0.3) is 11.6 Å². The molecule has 1 aliphatic heterocycles. The normalized spacial score (nSPS) is 15.0. The summed E-state index contributed by atoms with van der Waals surface area (Å²) < 4.78 is 32.6. The van der Waals surface area contributed by atoms with Crippen molar-refractivity contribution >= 4 is 33.2 Å². The average molecular weight is 476 g/mol. The molecule has 2 aromatic carbocycles. The molecule has 0 radical (unpaired) electrons. The van der Waals surface area contributed by atoms with Crippen molar-refractivity contribution in [1.82, 2.24) is 9.21 Å². The van der Waals surface area contributed by atoms with Crippen LogP contribution in [0.5, 0.6) is 0 Å². The van der Waals surface area contributed by atoms with E-state index in [-0.39, 0.29) is 48.4 Å². The first-order chi connectivity index (χ1) is 15.3. The number of hydrogen-bond donors (Lipinski definition) is 0. The smallest absolute Gasteiger partial charge is 0.289 e. The predicted octanol–water partition coefficient (Wildman–Crippen LogP) is 3.65. The molecule has 0 bridgehead atoms. The lowest BCUT2D eigenvalue weighted by Crippen LogP contribution is -2.50. The Morgan fingerprint density at radius 1 is 0.969 bits per heavy atom. The van der Waals surface area contributed by atoms with Gasteiger partial charge >= 0.3 is 0 Å². The Bertz CT molecular complexity index is 1260. The van der Waals surface area contributed by atoms with Crippen LogP contribution in [0.4, 0.5) is 5.69 Å². The highest BCUT2D eigenvalue weighted by atomic mass is 35.5. The van der Waals surface area contributed by atoms with Crippen LogP contribution in [0, 0.1) is 10.1 Å². The molecule has 0 unspecified atom stereocenters. The molecule has 1 aromatic heterocycles. The lowest BCUT2D eigenvalue weighted by Gasteiger charge is -2.33. The van der Waals surface area contributed by atoms with E-state index < -0.39 is 14.9 Å². The second-order valence-corrected chi connectivity index (χ2v) is 9.44. The van der Waals surface area contributed by atoms with Gasteiger partial charge in [0, 0.05) is 43.9 Å². The molecule has 32 heavy (non-hydrogen) atoms. The monoisotopic (exact) mass is 475 g/mol. The highest BCUT2D eigenvalue weighted by Gasteiger charge is 2.31. The molecule has 166 valence electrons. The number of furan rings is 1. The lowest BCUT2D eigenvalue weighted by molar-refractivity contribution is -0.384. The summed E-state index contributed by atoms with van der Waals surface area (Å²) in [4.78, 5) is 24.5. The minimum Gasteiger partial charge on any atom is -0.451 e. The van der Waals surface area contributed by atoms with Crippen molar-refractivity contribution in [3.05, 3.63) is 81.6 Å². The molecule has 0 saturated carbocycles. The third-order valence-corrected chi connectivity index (χ3v) is 7.41. The molecule has 1 aliphatic rings. The van der Waals surface area contributed by atoms with E-state index in [1.807, 2.05) is 6.07 Å². The van der Waals surface area contributed by atoms with Gasteiger partial charge in [-0.1, -0.05) is 23.7 Å². The number of piperazine rings is 1. The molecule has 1 amide bonds. The molecule has 0 aliphatic carbocycles. The number of carbonyl (C=O) groups excluding carboxylic acids is 1. The van der Waals surface area contributed by atoms with Crippen molar-refractivity contribution in [3.63, 3.8) is 0 Å². The summed E-state index contributed by atoms with van der Waals surface area (Å²) >= 11 is 6.18. The first kappa shape index (κ1) is 22.0. The molecular weight excluding hydrogens is 458 g/mol. The molecule has 11 heteroatoms. The van der Waals surface area contributed by atoms with E-state index in [1.165, 1.54) is 21.3 Å². The van der Waals surface area contributed by atoms with Crippen LogP contribution < -0.4 is 0 Å². The first-order valence-electron chi connectivity index (χ1n) is 9.66. The topological polar surface area (TPSA) is 114 Å². The van der Waals surface area contributed by atoms with E-state index in [1.54, 1.807) is 30.3 Å². The highest BCUT2D eigenvalue weighted by Crippen LogP contribution is 2.29. The fraction of sp³-hybridized carbons (Fsp3) is 0.190. The molecule has 0 N–H and O–H groups in total. The third kappa shape index (κ3) is 4.24. The minimum absolute atomic E-state index is 0.0294. The number of nitro groups is 1. The number of non-ortho nitro benzene ring substituents is 1. The Labute approximate surface area is 189 Å². The Kier molecular flexibility index (Phi) is 6.00. The first-order valence-corrected chi connectivity index (χ1v) is 11.5. The molecule has 2 heterocycles. The van der Waals surface area contributed by atoms with Gasteiger partial charge in [0.2, 0.25) is 10.0 Å². The molecule has 1 fully saturated rings. The van der Waals surface area contributed by atoms with E-state index in [9.17, 15) is 23.3 Å². The fourth-order valence-electron chi connectivity index (χ4n) is 3.43. The Morgan fingerprint density at radius 2 is 1.62 bits per heavy atom. The van der Waals surface area contributed by atoms with Crippen molar-refractivity contribution in [2.75, 3.05) is 26.2 Å². The van der Waals surface area contributed by atoms with Crippen LogP contribution >= 0.6 is 11.6 Å². The Morgan fingerprint density at radius 3 is 2.25 bits per heavy atom. The average Bonchev–Trinajstić information content (AvgIpc) is 3.29. The maximum atomic E-state index is 12.8. The minimum atomic E-state index is -3.82. The number of hydrogen-bond acceptors (Lipinski definition) is 6. The summed E-state index contributed by atoms with van der Waals surface area (Å²) in [7, 11) is -3.82. The van der Waals surface area contributed by atoms with Gasteiger partial charge in [-0.05, 0) is 36.4 Å². The second-order valence-electron chi connectivity index (χ2n) is 7.09. The van der Waals surface area contributed by atoms with E-state index in [4.69, 9.17) is 16.0 Å². The van der Waals surface area contributed by atoms with Crippen LogP contribution in [-0.4, -0.2) is 54.6 Å². The van der Waals surface area contributed by atoms with E-state index in [2.05, 4.69) is 0 Å². The maximum absolute atomic E-state index is 12.8. The summed E-state index contributed by atoms with van der Waals surface area (Å²) in [5.41, 5.74) is 0.487. The summed E-state index contributed by atoms with van der Waals surface area (Å²) in [6.45, 7) is 0.576. The van der Waals surface area contributed by atoms with Crippen LogP contribution in [0.2, 0.25) is 5.02 Å². The number of carbonyl (C=O) groups is 1. The van der Waals surface area contributed by atoms with Crippen LogP contribution in [0.15, 0.2) is 70.0 Å². The fourth-order valence-corrected chi connectivity index (χ4v) is 5.09. The zero-order valence-corrected chi connectivity index (χ0v) is 18.3. The second kappa shape index (κ2) is 8.73. The molecule has 4 rings (SSSR count). The van der Waals surface area contributed by atoms with Gasteiger partial charge in [-0.15, -0.1) is 0 Å². The van der Waals surface area contributed by atoms with Crippen molar-refractivity contribution in [1.29, 1.82) is 0 Å². The summed E-state index contributed by atoms with van der Waals surface area (Å²) in [5, 5.41) is 11.3. The van der Waals surface area contributed by atoms with Gasteiger partial charge in [-0.25, -0.2) is 8.42 Å². The number of halogens is 1. The zero-order valence-electron chi connectivity index (χ0n) is 16.7. The van der Waals surface area contributed by atoms with Crippen LogP contribution in [0.25, 0.3) is 11.3 Å². The van der Waals surface area contributed by atoms with E-state index in [0.717, 1.165) is 12.1 Å². The van der Waals surface area contributed by atoms with Crippen molar-refractivity contribution in [2.45, 2.75) is 4.90 Å². The van der Waals surface area contributed by atoms with E-state index >= 15 is 0 Å². The number of rotatable bonds is 5. The SMILES string of the molecule is O=C(c1ccc(-c2ccccc2Cl)o1)N1CCN(S(=O)(=O)c2ccc([N+](=O)[O-])cc2)CC1. The number of sulfonamides is 1. The predicted molar refractivity (Wildman–Crippen MR) is 117 cm³/mol. The molecule has 0 atom stereocenters. The van der Waals surface area contributed by atoms with Crippen LogP contribution in [0.1, 0.15) is 10.6 Å². The number of amides is 1. The van der Waals surface area contributed by atoms with Gasteiger partial charge in [-0.3, -0.25) is 14.9 Å². The Hall–Kier alpha value is -3.21. The molecule has 9 nitrogen and oxygen atoms in total. The van der Waals surface area contributed by atoms with Gasteiger partial charge in [-0.2, -0.15) is 4.31 Å². The molecule has 1 saturated heterocycles. The van der Waals surface area contributed by atoms with E-state index in [0.29, 0.717) is 16.3 Å². The van der Waals surface area contributed by atoms with Gasteiger partial charge in [0.15, 0.2) is 5.76 Å². The molecular formula is C21H18ClN3O6S. The van der Waals surface area contributed by atoms with Crippen molar-refractivity contribution in [2.24, 2.45) is 0 Å². The summed E-state index contributed by atoms with van der Waals surface area (Å²) in [6.07, 6.45) is 0. The number of nitrogens with zero attached hydrogens (tertiary/aromatic N) is 3. The Balaban J connectivity index is 1.43. The quantitative estimate of drug-likeness (QED) is 0.411. The third-order valence-electron chi connectivity index (χ3n) is 5.17. The molecule has 3 aromatic rings. The zero-order chi connectivity index (χ0) is 22.9. The number of nitro benzene ring substituents is 1. The number of benzene rings is 2. The lowest BCUT2D eigenvalue weighted by atomic mass is 10.2. The van der Waals surface area contributed by atoms with Gasteiger partial charge in [0.05, 0.1) is 14.8 Å². The van der Waals surface area contributed by atoms with Crippen LogP contribution in [0.3, 0.4) is 0 Å². The summed E-state index contributed by atoms with van der Waals surface area (Å²) in [5.74, 6) is 0.278. The highest BCUT2D eigenvalue weighted by molar-refractivity contribution is 7.89.